The number of alkyl halides is 1. The molecule has 5 N–H and O–H groups in total. The fourth-order valence-corrected chi connectivity index (χ4v) is 9.52. The van der Waals surface area contributed by atoms with Crippen LogP contribution in [0.4, 0.5) is 23.7 Å². The van der Waals surface area contributed by atoms with Crippen LogP contribution in [0, 0.1) is 29.4 Å². The van der Waals surface area contributed by atoms with Gasteiger partial charge in [0.25, 0.3) is 0 Å². The van der Waals surface area contributed by atoms with Crippen molar-refractivity contribution in [1.29, 1.82) is 0 Å². The number of rotatable bonds is 26. The van der Waals surface area contributed by atoms with Gasteiger partial charge in [0.05, 0.1) is 24.3 Å². The highest BCUT2D eigenvalue weighted by Gasteiger charge is 2.37. The van der Waals surface area contributed by atoms with Gasteiger partial charge in [0.1, 0.15) is 43.4 Å². The molecule has 5 amide bonds. The van der Waals surface area contributed by atoms with E-state index in [2.05, 4.69) is 21.3 Å². The Bertz CT molecular complexity index is 2380. The molecule has 1 aromatic heterocycles. The molecule has 1 aliphatic carbocycles. The SMILES string of the molecule is CC(C)C(NC(=O)CCCCCC1CCCC1)C(=O)NCC(=O)Nc1ccc(COC(=O)N[C@H](CF)CCN(C(=O)CO)[C@@H](c2nc(-c3cc(F)ccc3F)cn2Cc2ccccc2)C2CCOCC2)cc1. The molecule has 4 aromatic rings. The van der Waals surface area contributed by atoms with Gasteiger partial charge >= 0.3 is 6.09 Å². The average molecular weight is 1000 g/mol. The number of carbonyl (C=O) groups excluding carboxylic acids is 5. The van der Waals surface area contributed by atoms with Gasteiger partial charge in [-0.25, -0.2) is 22.9 Å². The number of hydrogen-bond acceptors (Lipinski definition) is 9. The van der Waals surface area contributed by atoms with Crippen LogP contribution in [0.15, 0.2) is 79.0 Å². The molecule has 72 heavy (non-hydrogen) atoms. The molecule has 3 aromatic carbocycles. The van der Waals surface area contributed by atoms with Gasteiger partial charge in [0, 0.05) is 50.2 Å². The maximum atomic E-state index is 15.2. The third-order valence-electron chi connectivity index (χ3n) is 13.5. The first-order chi connectivity index (χ1) is 34.8. The maximum absolute atomic E-state index is 15.2. The minimum absolute atomic E-state index is 0.0709. The topological polar surface area (TPSA) is 193 Å². The molecule has 1 aliphatic heterocycles. The number of amides is 5. The average Bonchev–Trinajstić information content (AvgIpc) is 4.06. The van der Waals surface area contributed by atoms with Gasteiger partial charge in [-0.15, -0.1) is 0 Å². The molecule has 2 fully saturated rings. The summed E-state index contributed by atoms with van der Waals surface area (Å²) >= 11 is 0. The van der Waals surface area contributed by atoms with E-state index >= 15 is 4.39 Å². The van der Waals surface area contributed by atoms with Gasteiger partial charge in [-0.2, -0.15) is 0 Å². The molecule has 0 radical (unpaired) electrons. The normalized spacial score (nSPS) is 15.4. The Labute approximate surface area is 420 Å². The summed E-state index contributed by atoms with van der Waals surface area (Å²) in [6.07, 6.45) is 11.3. The van der Waals surface area contributed by atoms with Gasteiger partial charge in [-0.1, -0.05) is 101 Å². The van der Waals surface area contributed by atoms with Crippen molar-refractivity contribution in [2.45, 2.75) is 122 Å². The Kier molecular flexibility index (Phi) is 21.5. The van der Waals surface area contributed by atoms with Crippen LogP contribution in [0.5, 0.6) is 0 Å². The lowest BCUT2D eigenvalue weighted by Crippen LogP contribution is -2.51. The first-order valence-electron chi connectivity index (χ1n) is 25.3. The second-order valence-corrected chi connectivity index (χ2v) is 19.2. The van der Waals surface area contributed by atoms with Crippen LogP contribution >= 0.6 is 0 Å². The Balaban J connectivity index is 1.01. The number of carbonyl (C=O) groups is 5. The minimum atomic E-state index is -1.10. The van der Waals surface area contributed by atoms with Crippen LogP contribution in [0.1, 0.15) is 114 Å². The summed E-state index contributed by atoms with van der Waals surface area (Å²) < 4.78 is 57.1. The molecule has 390 valence electrons. The van der Waals surface area contributed by atoms with Crippen molar-refractivity contribution >= 4 is 35.4 Å². The van der Waals surface area contributed by atoms with Crippen molar-refractivity contribution in [3.8, 4) is 11.3 Å². The van der Waals surface area contributed by atoms with Crippen molar-refractivity contribution in [3.05, 3.63) is 108 Å². The minimum Gasteiger partial charge on any atom is -0.445 e. The molecule has 2 aliphatic rings. The van der Waals surface area contributed by atoms with E-state index in [1.54, 1.807) is 35.0 Å². The van der Waals surface area contributed by atoms with Gasteiger partial charge in [-0.05, 0) is 84.9 Å². The standard InChI is InChI=1S/C54H70F3N7O8/c1-36(2)50(62-47(66)16-8-4-5-11-37-12-9-10-13-37)53(69)58-31-48(67)59-42-20-17-39(18-21-42)35-72-54(70)60-43(30-55)23-26-64(49(68)34-65)51(40-24-27-71-28-25-40)52-61-46(44-29-41(56)19-22-45(44)57)33-63(52)32-38-14-6-3-7-15-38/h3,6-7,14-15,17-22,29,33,36-37,40,43,50-51,65H,4-5,8-13,16,23-28,30-32,34-35H2,1-2H3,(H,58,69)(H,59,67)(H,60,70)(H,62,66)/t43-,50?,51+/m0/s1. The number of benzene rings is 3. The lowest BCUT2D eigenvalue weighted by atomic mass is 9.89. The first-order valence-corrected chi connectivity index (χ1v) is 25.3. The predicted molar refractivity (Wildman–Crippen MR) is 266 cm³/mol. The van der Waals surface area contributed by atoms with Crippen molar-refractivity contribution in [2.75, 3.05) is 44.9 Å². The number of aliphatic hydroxyl groups is 1. The summed E-state index contributed by atoms with van der Waals surface area (Å²) in [6.45, 7) is 2.16. The number of hydrogen-bond donors (Lipinski definition) is 5. The summed E-state index contributed by atoms with van der Waals surface area (Å²) in [6, 6.07) is 16.2. The van der Waals surface area contributed by atoms with E-state index in [1.165, 1.54) is 37.0 Å². The van der Waals surface area contributed by atoms with E-state index in [-0.39, 0.29) is 61.7 Å². The van der Waals surface area contributed by atoms with Crippen LogP contribution in [-0.2, 0) is 41.8 Å². The molecule has 1 saturated carbocycles. The summed E-state index contributed by atoms with van der Waals surface area (Å²) in [7, 11) is 0. The van der Waals surface area contributed by atoms with E-state index in [0.717, 1.165) is 48.9 Å². The van der Waals surface area contributed by atoms with Crippen molar-refractivity contribution in [1.82, 2.24) is 30.4 Å². The molecule has 18 heteroatoms. The Morgan fingerprint density at radius 1 is 0.889 bits per heavy atom. The van der Waals surface area contributed by atoms with E-state index in [4.69, 9.17) is 14.5 Å². The number of aliphatic hydroxyl groups excluding tert-OH is 1. The quantitative estimate of drug-likeness (QED) is 0.0386. The van der Waals surface area contributed by atoms with E-state index in [1.807, 2.05) is 44.2 Å². The van der Waals surface area contributed by atoms with E-state index < -0.39 is 66.9 Å². The van der Waals surface area contributed by atoms with Gasteiger partial charge < -0.3 is 45.3 Å². The third kappa shape index (κ3) is 16.6. The number of unbranched alkanes of at least 4 members (excludes halogenated alkanes) is 2. The summed E-state index contributed by atoms with van der Waals surface area (Å²) in [5.74, 6) is -2.41. The highest BCUT2D eigenvalue weighted by molar-refractivity contribution is 5.96. The molecule has 1 unspecified atom stereocenters. The highest BCUT2D eigenvalue weighted by atomic mass is 19.1. The van der Waals surface area contributed by atoms with Gasteiger partial charge in [0.2, 0.25) is 23.6 Å². The number of alkyl carbamates (subject to hydrolysis) is 1. The number of ether oxygens (including phenoxy) is 2. The molecule has 2 heterocycles. The van der Waals surface area contributed by atoms with Crippen molar-refractivity contribution in [2.24, 2.45) is 17.8 Å². The second-order valence-electron chi connectivity index (χ2n) is 19.2. The molecule has 15 nitrogen and oxygen atoms in total. The van der Waals surface area contributed by atoms with Gasteiger partial charge in [0.15, 0.2) is 0 Å². The van der Waals surface area contributed by atoms with Gasteiger partial charge in [-0.3, -0.25) is 19.2 Å². The van der Waals surface area contributed by atoms with E-state index in [9.17, 15) is 37.9 Å². The fraction of sp³-hybridized carbons (Fsp3) is 0.519. The van der Waals surface area contributed by atoms with Crippen molar-refractivity contribution in [3.63, 3.8) is 0 Å². The molecule has 6 rings (SSSR count). The summed E-state index contributed by atoms with van der Waals surface area (Å²) in [4.78, 5) is 71.4. The third-order valence-corrected chi connectivity index (χ3v) is 13.5. The molecule has 0 bridgehead atoms. The number of nitrogens with one attached hydrogen (secondary N) is 4. The number of anilines is 1. The van der Waals surface area contributed by atoms with Crippen LogP contribution in [-0.4, -0.2) is 101 Å². The molecule has 3 atom stereocenters. The van der Waals surface area contributed by atoms with Crippen LogP contribution in [0.3, 0.4) is 0 Å². The largest absolute Gasteiger partial charge is 0.445 e. The molecule has 1 saturated heterocycles. The number of aromatic nitrogens is 2. The second kappa shape index (κ2) is 28.1. The number of halogens is 3. The number of nitrogens with zero attached hydrogens (tertiary/aromatic N) is 3. The summed E-state index contributed by atoms with van der Waals surface area (Å²) in [5, 5.41) is 20.9. The monoisotopic (exact) mass is 1000 g/mol. The van der Waals surface area contributed by atoms with Crippen molar-refractivity contribution < 1.29 is 51.7 Å². The maximum Gasteiger partial charge on any atom is 0.407 e. The van der Waals surface area contributed by atoms with E-state index in [0.29, 0.717) is 49.6 Å². The Hall–Kier alpha value is -6.27. The Morgan fingerprint density at radius 3 is 2.32 bits per heavy atom. The van der Waals surface area contributed by atoms with Crippen LogP contribution < -0.4 is 21.3 Å². The zero-order valence-corrected chi connectivity index (χ0v) is 41.4. The molecular weight excluding hydrogens is 932 g/mol. The smallest absolute Gasteiger partial charge is 0.407 e. The highest BCUT2D eigenvalue weighted by Crippen LogP contribution is 2.37. The molecular formula is C54H70F3N7O8. The fourth-order valence-electron chi connectivity index (χ4n) is 9.52. The van der Waals surface area contributed by atoms with Crippen LogP contribution in [0.25, 0.3) is 11.3 Å². The Morgan fingerprint density at radius 2 is 1.62 bits per heavy atom. The zero-order chi connectivity index (χ0) is 51.4. The lowest BCUT2D eigenvalue weighted by Gasteiger charge is -2.39. The lowest BCUT2D eigenvalue weighted by molar-refractivity contribution is -0.139. The zero-order valence-electron chi connectivity index (χ0n) is 41.4. The predicted octanol–water partition coefficient (Wildman–Crippen LogP) is 8.16. The number of imidazole rings is 1. The summed E-state index contributed by atoms with van der Waals surface area (Å²) in [5.41, 5.74) is 1.92. The first kappa shape index (κ1) is 55.1. The van der Waals surface area contributed by atoms with Crippen LogP contribution in [0.2, 0.25) is 0 Å². The molecule has 0 spiro atoms.